The van der Waals surface area contributed by atoms with Crippen molar-refractivity contribution in [3.05, 3.63) is 33.3 Å². The first-order valence-electron chi connectivity index (χ1n) is 6.35. The molecular weight excluding hydrogens is 300 g/mol. The van der Waals surface area contributed by atoms with Gasteiger partial charge in [0, 0.05) is 12.5 Å². The van der Waals surface area contributed by atoms with E-state index in [1.54, 1.807) is 13.8 Å². The van der Waals surface area contributed by atoms with Gasteiger partial charge in [-0.2, -0.15) is 0 Å². The van der Waals surface area contributed by atoms with E-state index in [1.165, 1.54) is 18.2 Å². The van der Waals surface area contributed by atoms with Crippen LogP contribution in [-0.2, 0) is 4.79 Å². The molecule has 0 saturated carbocycles. The number of hydrogen-bond donors (Lipinski definition) is 2. The monoisotopic (exact) mass is 316 g/mol. The molecule has 0 aliphatic heterocycles. The number of nitrogens with one attached hydrogen (secondary N) is 1. The Morgan fingerprint density at radius 3 is 2.76 bits per heavy atom. The molecule has 0 fully saturated rings. The van der Waals surface area contributed by atoms with Gasteiger partial charge in [0.05, 0.1) is 22.6 Å². The molecule has 0 spiro atoms. The summed E-state index contributed by atoms with van der Waals surface area (Å²) in [4.78, 5) is 21.4. The highest BCUT2D eigenvalue weighted by atomic mass is 35.5. The minimum Gasteiger partial charge on any atom is -0.492 e. The maximum Gasteiger partial charge on any atom is 0.323 e. The van der Waals surface area contributed by atoms with E-state index in [0.29, 0.717) is 6.54 Å². The molecule has 2 N–H and O–H groups in total. The van der Waals surface area contributed by atoms with Crippen molar-refractivity contribution in [2.75, 3.05) is 13.2 Å². The predicted octanol–water partition coefficient (Wildman–Crippen LogP) is 2.47. The number of non-ortho nitro benzene ring substituents is 1. The average Bonchev–Trinajstić information content (AvgIpc) is 2.40. The molecule has 0 saturated heterocycles. The first-order chi connectivity index (χ1) is 9.80. The Balaban J connectivity index is 2.73. The Bertz CT molecular complexity index is 537. The molecule has 116 valence electrons. The number of hydrogen-bond acceptors (Lipinski definition) is 5. The Hall–Kier alpha value is -1.86. The lowest BCUT2D eigenvalue weighted by Crippen LogP contribution is -2.50. The molecule has 0 amide bonds. The Morgan fingerprint density at radius 1 is 1.57 bits per heavy atom. The molecule has 21 heavy (non-hydrogen) atoms. The average molecular weight is 317 g/mol. The molecule has 7 nitrogen and oxygen atoms in total. The molecule has 8 heteroatoms. The van der Waals surface area contributed by atoms with Crippen LogP contribution in [0.3, 0.4) is 0 Å². The molecule has 1 aromatic rings. The molecule has 1 aromatic carbocycles. The van der Waals surface area contributed by atoms with E-state index in [9.17, 15) is 20.0 Å². The lowest BCUT2D eigenvalue weighted by Gasteiger charge is -2.25. The van der Waals surface area contributed by atoms with Crippen molar-refractivity contribution >= 4 is 23.3 Å². The van der Waals surface area contributed by atoms with E-state index < -0.39 is 16.4 Å². The number of aliphatic carboxylic acids is 1. The van der Waals surface area contributed by atoms with Gasteiger partial charge >= 0.3 is 5.97 Å². The molecule has 0 aromatic heterocycles. The van der Waals surface area contributed by atoms with Crippen LogP contribution in [0.25, 0.3) is 0 Å². The molecule has 0 aliphatic rings. The van der Waals surface area contributed by atoms with Gasteiger partial charge in [0.15, 0.2) is 0 Å². The minimum absolute atomic E-state index is 0.0662. The highest BCUT2D eigenvalue weighted by molar-refractivity contribution is 6.32. The number of halogens is 1. The zero-order valence-electron chi connectivity index (χ0n) is 11.8. The van der Waals surface area contributed by atoms with Crippen molar-refractivity contribution in [3.8, 4) is 5.75 Å². The van der Waals surface area contributed by atoms with Gasteiger partial charge in [-0.3, -0.25) is 14.9 Å². The predicted molar refractivity (Wildman–Crippen MR) is 77.9 cm³/mol. The van der Waals surface area contributed by atoms with Crippen molar-refractivity contribution in [2.45, 2.75) is 25.8 Å². The van der Waals surface area contributed by atoms with Crippen LogP contribution in [-0.4, -0.2) is 34.7 Å². The first kappa shape index (κ1) is 17.2. The zero-order valence-corrected chi connectivity index (χ0v) is 12.5. The Morgan fingerprint density at radius 2 is 2.24 bits per heavy atom. The van der Waals surface area contributed by atoms with Gasteiger partial charge in [0.25, 0.3) is 5.69 Å². The number of carbonyl (C=O) groups is 1. The quantitative estimate of drug-likeness (QED) is 0.564. The Labute approximate surface area is 127 Å². The van der Waals surface area contributed by atoms with Crippen LogP contribution >= 0.6 is 11.6 Å². The molecular formula is C13H17ClN2O5. The van der Waals surface area contributed by atoms with Crippen molar-refractivity contribution in [1.29, 1.82) is 0 Å². The summed E-state index contributed by atoms with van der Waals surface area (Å²) >= 11 is 5.90. The van der Waals surface area contributed by atoms with E-state index in [0.717, 1.165) is 0 Å². The summed E-state index contributed by atoms with van der Waals surface area (Å²) in [5.74, 6) is -0.826. The topological polar surface area (TPSA) is 102 Å². The molecule has 0 heterocycles. The summed E-state index contributed by atoms with van der Waals surface area (Å²) in [6.45, 7) is 3.92. The second-order valence-electron chi connectivity index (χ2n) is 4.64. The largest absolute Gasteiger partial charge is 0.492 e. The van der Waals surface area contributed by atoms with Crippen LogP contribution in [0.5, 0.6) is 5.75 Å². The number of rotatable bonds is 8. The van der Waals surface area contributed by atoms with Gasteiger partial charge in [0.2, 0.25) is 0 Å². The fourth-order valence-corrected chi connectivity index (χ4v) is 1.91. The third-order valence-corrected chi connectivity index (χ3v) is 3.34. The number of carboxylic acid groups (broad SMARTS) is 1. The van der Waals surface area contributed by atoms with Crippen LogP contribution in [0.2, 0.25) is 5.02 Å². The van der Waals surface area contributed by atoms with E-state index in [1.807, 2.05) is 0 Å². The molecule has 1 atom stereocenters. The molecule has 0 bridgehead atoms. The summed E-state index contributed by atoms with van der Waals surface area (Å²) in [6.07, 6.45) is 0.190. The maximum absolute atomic E-state index is 11.2. The van der Waals surface area contributed by atoms with E-state index >= 15 is 0 Å². The number of nitro benzene ring substituents is 1. The normalized spacial score (nSPS) is 13.5. The summed E-state index contributed by atoms with van der Waals surface area (Å²) in [5.41, 5.74) is -1.26. The van der Waals surface area contributed by atoms with Crippen LogP contribution in [0.4, 0.5) is 5.69 Å². The summed E-state index contributed by atoms with van der Waals surface area (Å²) in [7, 11) is 0. The van der Waals surface area contributed by atoms with Crippen molar-refractivity contribution in [2.24, 2.45) is 0 Å². The van der Waals surface area contributed by atoms with Gasteiger partial charge in [-0.05, 0) is 19.5 Å². The fraction of sp³-hybridized carbons (Fsp3) is 0.462. The van der Waals surface area contributed by atoms with Gasteiger partial charge in [-0.1, -0.05) is 18.5 Å². The van der Waals surface area contributed by atoms with Crippen molar-refractivity contribution < 1.29 is 19.6 Å². The fourth-order valence-electron chi connectivity index (χ4n) is 1.74. The second-order valence-corrected chi connectivity index (χ2v) is 5.05. The smallest absolute Gasteiger partial charge is 0.323 e. The summed E-state index contributed by atoms with van der Waals surface area (Å²) < 4.78 is 5.38. The Kier molecular flexibility index (Phi) is 5.92. The van der Waals surface area contributed by atoms with E-state index in [4.69, 9.17) is 16.3 Å². The number of benzene rings is 1. The maximum atomic E-state index is 11.2. The lowest BCUT2D eigenvalue weighted by atomic mass is 9.98. The third kappa shape index (κ3) is 4.57. The number of ether oxygens (including phenoxy) is 1. The zero-order chi connectivity index (χ0) is 16.0. The lowest BCUT2D eigenvalue weighted by molar-refractivity contribution is -0.384. The number of nitro groups is 1. The van der Waals surface area contributed by atoms with Crippen LogP contribution < -0.4 is 10.1 Å². The van der Waals surface area contributed by atoms with Gasteiger partial charge in [-0.25, -0.2) is 0 Å². The second kappa shape index (κ2) is 7.24. The van der Waals surface area contributed by atoms with Crippen LogP contribution in [0.1, 0.15) is 20.3 Å². The molecule has 1 unspecified atom stereocenters. The highest BCUT2D eigenvalue weighted by Gasteiger charge is 2.31. The van der Waals surface area contributed by atoms with Gasteiger partial charge in [0.1, 0.15) is 11.3 Å². The number of nitrogens with zero attached hydrogens (tertiary/aromatic N) is 1. The SMILES string of the molecule is CCNC(C)(CCOc1cc([N+](=O)[O-])ccc1Cl)C(=O)O. The van der Waals surface area contributed by atoms with Gasteiger partial charge < -0.3 is 15.2 Å². The van der Waals surface area contributed by atoms with E-state index in [2.05, 4.69) is 5.32 Å². The van der Waals surface area contributed by atoms with E-state index in [-0.39, 0.29) is 29.5 Å². The molecule has 0 aliphatic carbocycles. The van der Waals surface area contributed by atoms with Crippen molar-refractivity contribution in [3.63, 3.8) is 0 Å². The molecule has 1 rings (SSSR count). The van der Waals surface area contributed by atoms with Crippen LogP contribution in [0, 0.1) is 10.1 Å². The third-order valence-electron chi connectivity index (χ3n) is 3.02. The standard InChI is InChI=1S/C13H17ClN2O5/c1-3-15-13(2,12(17)18)6-7-21-11-8-9(16(19)20)4-5-10(11)14/h4-5,8,15H,3,6-7H2,1-2H3,(H,17,18). The first-order valence-corrected chi connectivity index (χ1v) is 6.73. The number of carboxylic acids is 1. The summed E-state index contributed by atoms with van der Waals surface area (Å²) in [6, 6.07) is 3.86. The van der Waals surface area contributed by atoms with Crippen LogP contribution in [0.15, 0.2) is 18.2 Å². The van der Waals surface area contributed by atoms with Crippen molar-refractivity contribution in [1.82, 2.24) is 5.32 Å². The summed E-state index contributed by atoms with van der Waals surface area (Å²) in [5, 5.41) is 23.0. The number of likely N-dealkylation sites (N-methyl/N-ethyl adjacent to an activating group) is 1. The van der Waals surface area contributed by atoms with Gasteiger partial charge in [-0.15, -0.1) is 0 Å². The molecule has 0 radical (unpaired) electrons. The highest BCUT2D eigenvalue weighted by Crippen LogP contribution is 2.29. The minimum atomic E-state index is -1.12.